The highest BCUT2D eigenvalue weighted by Gasteiger charge is 2.41. The molecule has 19 heavy (non-hydrogen) atoms. The Morgan fingerprint density at radius 3 is 2.21 bits per heavy atom. The Bertz CT molecular complexity index is 553. The van der Waals surface area contributed by atoms with Crippen LogP contribution in [0.5, 0.6) is 0 Å². The number of nitrogens with one attached hydrogen (secondary N) is 2. The molecule has 0 bridgehead atoms. The third-order valence-electron chi connectivity index (χ3n) is 3.72. The van der Waals surface area contributed by atoms with E-state index in [9.17, 15) is 8.42 Å². The summed E-state index contributed by atoms with van der Waals surface area (Å²) in [7, 11) is -3.71. The van der Waals surface area contributed by atoms with Gasteiger partial charge in [-0.25, -0.2) is 5.14 Å². The van der Waals surface area contributed by atoms with Crippen molar-refractivity contribution >= 4 is 21.6 Å². The van der Waals surface area contributed by atoms with Gasteiger partial charge < -0.3 is 5.32 Å². The molecule has 2 aliphatic rings. The van der Waals surface area contributed by atoms with Crippen molar-refractivity contribution in [2.24, 2.45) is 17.0 Å². The average Bonchev–Trinajstić information content (AvgIpc) is 3.17. The van der Waals surface area contributed by atoms with Gasteiger partial charge in [0.1, 0.15) is 0 Å². The topological polar surface area (TPSA) is 84.2 Å². The van der Waals surface area contributed by atoms with Crippen molar-refractivity contribution < 1.29 is 8.42 Å². The van der Waals surface area contributed by atoms with E-state index in [2.05, 4.69) is 10.0 Å². The first kappa shape index (κ1) is 12.7. The van der Waals surface area contributed by atoms with E-state index in [1.807, 2.05) is 12.1 Å². The quantitative estimate of drug-likeness (QED) is 0.744. The molecule has 0 aliphatic heterocycles. The van der Waals surface area contributed by atoms with E-state index < -0.39 is 10.2 Å². The molecule has 2 saturated carbocycles. The predicted molar refractivity (Wildman–Crippen MR) is 76.0 cm³/mol. The summed E-state index contributed by atoms with van der Waals surface area (Å²) in [5.74, 6) is 1.59. The van der Waals surface area contributed by atoms with Crippen molar-refractivity contribution in [1.29, 1.82) is 0 Å². The molecule has 0 aromatic heterocycles. The average molecular weight is 281 g/mol. The van der Waals surface area contributed by atoms with Gasteiger partial charge in [0.25, 0.3) is 10.2 Å². The Morgan fingerprint density at radius 1 is 1.11 bits per heavy atom. The van der Waals surface area contributed by atoms with Crippen molar-refractivity contribution in [3.8, 4) is 0 Å². The summed E-state index contributed by atoms with van der Waals surface area (Å²) < 4.78 is 24.3. The van der Waals surface area contributed by atoms with Crippen molar-refractivity contribution in [3.63, 3.8) is 0 Å². The molecule has 0 amide bonds. The lowest BCUT2D eigenvalue weighted by molar-refractivity contribution is 0.568. The zero-order chi connectivity index (χ0) is 13.5. The van der Waals surface area contributed by atoms with Crippen LogP contribution in [0.25, 0.3) is 0 Å². The number of hydrogen-bond acceptors (Lipinski definition) is 3. The van der Waals surface area contributed by atoms with Crippen molar-refractivity contribution in [2.75, 3.05) is 10.0 Å². The second-order valence-corrected chi connectivity index (χ2v) is 6.87. The Hall–Kier alpha value is -1.27. The van der Waals surface area contributed by atoms with E-state index in [0.717, 1.165) is 17.5 Å². The number of rotatable bonds is 6. The Labute approximate surface area is 113 Å². The first-order valence-electron chi connectivity index (χ1n) is 6.68. The molecule has 1 aromatic carbocycles. The largest absolute Gasteiger partial charge is 0.382 e. The van der Waals surface area contributed by atoms with Gasteiger partial charge in [0.15, 0.2) is 0 Å². The predicted octanol–water partition coefficient (Wildman–Crippen LogP) is 1.90. The fraction of sp³-hybridized carbons (Fsp3) is 0.538. The normalized spacial score (nSPS) is 19.5. The molecule has 4 N–H and O–H groups in total. The highest BCUT2D eigenvalue weighted by molar-refractivity contribution is 7.90. The SMILES string of the molecule is NS(=O)(=O)Nc1cccc(NC(C2CC2)C2CC2)c1. The van der Waals surface area contributed by atoms with E-state index in [-0.39, 0.29) is 0 Å². The minimum atomic E-state index is -3.71. The molecule has 0 spiro atoms. The Kier molecular flexibility index (Phi) is 3.14. The van der Waals surface area contributed by atoms with Crippen molar-refractivity contribution in [1.82, 2.24) is 0 Å². The van der Waals surface area contributed by atoms with Crippen LogP contribution >= 0.6 is 0 Å². The van der Waals surface area contributed by atoms with Crippen molar-refractivity contribution in [3.05, 3.63) is 24.3 Å². The van der Waals surface area contributed by atoms with Gasteiger partial charge in [0, 0.05) is 11.7 Å². The minimum absolute atomic E-state index is 0.498. The lowest BCUT2D eigenvalue weighted by atomic mass is 10.1. The van der Waals surface area contributed by atoms with Crippen LogP contribution < -0.4 is 15.2 Å². The standard InChI is InChI=1S/C13H19N3O2S/c14-19(17,18)16-12-3-1-2-11(8-12)15-13(9-4-5-9)10-6-7-10/h1-3,8-10,13,15-16H,4-7H2,(H2,14,17,18). The summed E-state index contributed by atoms with van der Waals surface area (Å²) in [6, 6.07) is 7.82. The maximum absolute atomic E-state index is 11.0. The van der Waals surface area contributed by atoms with Gasteiger partial charge >= 0.3 is 0 Å². The highest BCUT2D eigenvalue weighted by atomic mass is 32.2. The van der Waals surface area contributed by atoms with E-state index in [1.54, 1.807) is 12.1 Å². The van der Waals surface area contributed by atoms with E-state index in [4.69, 9.17) is 5.14 Å². The monoisotopic (exact) mass is 281 g/mol. The maximum atomic E-state index is 11.0. The molecule has 104 valence electrons. The second-order valence-electron chi connectivity index (χ2n) is 5.57. The van der Waals surface area contributed by atoms with Gasteiger partial charge in [-0.1, -0.05) is 6.07 Å². The molecule has 0 heterocycles. The summed E-state index contributed by atoms with van der Waals surface area (Å²) >= 11 is 0. The number of benzene rings is 1. The highest BCUT2D eigenvalue weighted by Crippen LogP contribution is 2.45. The lowest BCUT2D eigenvalue weighted by Gasteiger charge is -2.19. The molecule has 1 aromatic rings. The molecule has 2 fully saturated rings. The molecule has 3 rings (SSSR count). The summed E-state index contributed by atoms with van der Waals surface area (Å²) in [4.78, 5) is 0. The minimum Gasteiger partial charge on any atom is -0.382 e. The number of nitrogens with two attached hydrogens (primary N) is 1. The fourth-order valence-electron chi connectivity index (χ4n) is 2.56. The van der Waals surface area contributed by atoms with Crippen LogP contribution in [0.15, 0.2) is 24.3 Å². The van der Waals surface area contributed by atoms with Crippen LogP contribution in [-0.2, 0) is 10.2 Å². The first-order chi connectivity index (χ1) is 9.01. The number of hydrogen-bond donors (Lipinski definition) is 3. The summed E-state index contributed by atoms with van der Waals surface area (Å²) in [6.07, 6.45) is 5.24. The Morgan fingerprint density at radius 2 is 1.68 bits per heavy atom. The molecule has 6 heteroatoms. The molecule has 2 aliphatic carbocycles. The van der Waals surface area contributed by atoms with E-state index in [1.165, 1.54) is 25.7 Å². The van der Waals surface area contributed by atoms with Crippen molar-refractivity contribution in [2.45, 2.75) is 31.7 Å². The fourth-order valence-corrected chi connectivity index (χ4v) is 3.02. The Balaban J connectivity index is 1.71. The second kappa shape index (κ2) is 4.68. The molecule has 0 radical (unpaired) electrons. The zero-order valence-electron chi connectivity index (χ0n) is 10.7. The van der Waals surface area contributed by atoms with Gasteiger partial charge in [0.05, 0.1) is 5.69 Å². The van der Waals surface area contributed by atoms with E-state index in [0.29, 0.717) is 11.7 Å². The third-order valence-corrected chi connectivity index (χ3v) is 4.24. The maximum Gasteiger partial charge on any atom is 0.296 e. The number of anilines is 2. The van der Waals surface area contributed by atoms with Crippen LogP contribution in [0.3, 0.4) is 0 Å². The molecular formula is C13H19N3O2S. The van der Waals surface area contributed by atoms with Crippen LogP contribution in [0.4, 0.5) is 11.4 Å². The zero-order valence-corrected chi connectivity index (χ0v) is 11.5. The molecular weight excluding hydrogens is 262 g/mol. The van der Waals surface area contributed by atoms with Gasteiger partial charge in [0.2, 0.25) is 0 Å². The van der Waals surface area contributed by atoms with Gasteiger partial charge in [-0.05, 0) is 55.7 Å². The summed E-state index contributed by atoms with van der Waals surface area (Å²) in [5, 5.41) is 8.53. The summed E-state index contributed by atoms with van der Waals surface area (Å²) in [5.41, 5.74) is 1.45. The summed E-state index contributed by atoms with van der Waals surface area (Å²) in [6.45, 7) is 0. The third kappa shape index (κ3) is 3.61. The lowest BCUT2D eigenvalue weighted by Crippen LogP contribution is -2.24. The van der Waals surface area contributed by atoms with Crippen LogP contribution in [0.1, 0.15) is 25.7 Å². The molecule has 5 nitrogen and oxygen atoms in total. The van der Waals surface area contributed by atoms with Gasteiger partial charge in [-0.15, -0.1) is 0 Å². The molecule has 0 unspecified atom stereocenters. The van der Waals surface area contributed by atoms with Gasteiger partial charge in [-0.2, -0.15) is 8.42 Å². The van der Waals surface area contributed by atoms with Crippen LogP contribution in [0.2, 0.25) is 0 Å². The van der Waals surface area contributed by atoms with E-state index >= 15 is 0 Å². The molecule has 0 saturated heterocycles. The first-order valence-corrected chi connectivity index (χ1v) is 8.23. The van der Waals surface area contributed by atoms with Crippen LogP contribution in [-0.4, -0.2) is 14.5 Å². The smallest absolute Gasteiger partial charge is 0.296 e. The van der Waals surface area contributed by atoms with Crippen LogP contribution in [0, 0.1) is 11.8 Å². The van der Waals surface area contributed by atoms with Gasteiger partial charge in [-0.3, -0.25) is 4.72 Å². The molecule has 0 atom stereocenters.